The van der Waals surface area contributed by atoms with E-state index in [1.165, 1.54) is 26.0 Å². The fourth-order valence-electron chi connectivity index (χ4n) is 4.37. The number of H-pyrrole nitrogens is 1. The van der Waals surface area contributed by atoms with Gasteiger partial charge in [-0.2, -0.15) is 0 Å². The third-order valence-corrected chi connectivity index (χ3v) is 5.53. The molecule has 0 radical (unpaired) electrons. The molecular weight excluding hydrogens is 361 g/mol. The van der Waals surface area contributed by atoms with Crippen LogP contribution in [-0.2, 0) is 12.8 Å². The summed E-state index contributed by atoms with van der Waals surface area (Å²) >= 11 is 0. The summed E-state index contributed by atoms with van der Waals surface area (Å²) < 4.78 is 44.7. The van der Waals surface area contributed by atoms with Crippen molar-refractivity contribution in [2.75, 3.05) is 13.1 Å². The average Bonchev–Trinajstić information content (AvgIpc) is 3.00. The summed E-state index contributed by atoms with van der Waals surface area (Å²) in [4.78, 5) is 5.22. The lowest BCUT2D eigenvalue weighted by molar-refractivity contribution is 0.0962. The summed E-state index contributed by atoms with van der Waals surface area (Å²) in [6.07, 6.45) is 1.26. The lowest BCUT2D eigenvalue weighted by Gasteiger charge is -2.38. The predicted octanol–water partition coefficient (Wildman–Crippen LogP) is 5.70. The minimum Gasteiger partial charge on any atom is -0.357 e. The molecule has 0 saturated carbocycles. The number of nitrogens with zero attached hydrogens (tertiary/aromatic N) is 1. The number of aromatic nitrogens is 1. The van der Waals surface area contributed by atoms with Gasteiger partial charge in [0.15, 0.2) is 0 Å². The molecule has 1 aliphatic heterocycles. The molecule has 2 nitrogen and oxygen atoms in total. The predicted molar refractivity (Wildman–Crippen MR) is 106 cm³/mol. The number of fused-ring (bicyclic) bond motifs is 3. The molecule has 148 valence electrons. The van der Waals surface area contributed by atoms with E-state index in [1.807, 2.05) is 36.1 Å². The van der Waals surface area contributed by atoms with Gasteiger partial charge < -0.3 is 4.98 Å². The number of alkyl halides is 1. The second-order valence-electron chi connectivity index (χ2n) is 8.23. The Bertz CT molecular complexity index is 993. The van der Waals surface area contributed by atoms with Gasteiger partial charge in [-0.3, -0.25) is 4.90 Å². The second-order valence-corrected chi connectivity index (χ2v) is 8.23. The van der Waals surface area contributed by atoms with E-state index in [0.717, 1.165) is 22.2 Å². The zero-order valence-electron chi connectivity index (χ0n) is 16.5. The summed E-state index contributed by atoms with van der Waals surface area (Å²) in [7, 11) is 0. The van der Waals surface area contributed by atoms with E-state index in [0.29, 0.717) is 24.9 Å². The van der Waals surface area contributed by atoms with Crippen molar-refractivity contribution < 1.29 is 13.2 Å². The van der Waals surface area contributed by atoms with Crippen LogP contribution >= 0.6 is 0 Å². The van der Waals surface area contributed by atoms with Crippen molar-refractivity contribution in [2.24, 2.45) is 0 Å². The van der Waals surface area contributed by atoms with E-state index in [9.17, 15) is 4.39 Å². The van der Waals surface area contributed by atoms with Gasteiger partial charge >= 0.3 is 0 Å². The Kier molecular flexibility index (Phi) is 4.74. The molecule has 0 amide bonds. The van der Waals surface area contributed by atoms with Gasteiger partial charge in [0.25, 0.3) is 0 Å². The van der Waals surface area contributed by atoms with Crippen LogP contribution in [0.1, 0.15) is 49.2 Å². The molecule has 1 aliphatic rings. The number of benzene rings is 2. The van der Waals surface area contributed by atoms with E-state index in [2.05, 4.69) is 4.98 Å². The van der Waals surface area contributed by atoms with Gasteiger partial charge in [-0.15, -0.1) is 0 Å². The van der Waals surface area contributed by atoms with Crippen LogP contribution in [0.5, 0.6) is 0 Å². The van der Waals surface area contributed by atoms with Crippen LogP contribution in [0.2, 0.25) is 0 Å². The molecule has 1 atom stereocenters. The molecule has 4 rings (SSSR count). The van der Waals surface area contributed by atoms with Crippen molar-refractivity contribution in [1.82, 2.24) is 9.88 Å². The van der Waals surface area contributed by atoms with Gasteiger partial charge in [0, 0.05) is 35.2 Å². The highest BCUT2D eigenvalue weighted by Crippen LogP contribution is 2.41. The Morgan fingerprint density at radius 2 is 1.82 bits per heavy atom. The van der Waals surface area contributed by atoms with Crippen molar-refractivity contribution in [3.63, 3.8) is 0 Å². The molecule has 0 aliphatic carbocycles. The van der Waals surface area contributed by atoms with E-state index < -0.39 is 23.3 Å². The maximum atomic E-state index is 15.1. The lowest BCUT2D eigenvalue weighted by atomic mass is 9.90. The van der Waals surface area contributed by atoms with Gasteiger partial charge in [-0.05, 0) is 56.0 Å². The largest absolute Gasteiger partial charge is 0.357 e. The van der Waals surface area contributed by atoms with Crippen LogP contribution in [0.4, 0.5) is 13.2 Å². The Morgan fingerprint density at radius 1 is 1.14 bits per heavy atom. The van der Waals surface area contributed by atoms with Gasteiger partial charge in [0.2, 0.25) is 0 Å². The molecule has 3 aromatic rings. The number of nitrogens with one attached hydrogen (secondary N) is 1. The number of aromatic amines is 1. The second kappa shape index (κ2) is 6.96. The van der Waals surface area contributed by atoms with Crippen LogP contribution in [0, 0.1) is 11.6 Å². The number of hydrogen-bond acceptors (Lipinski definition) is 1. The Labute approximate surface area is 163 Å². The molecule has 1 unspecified atom stereocenters. The van der Waals surface area contributed by atoms with E-state index in [4.69, 9.17) is 0 Å². The minimum atomic E-state index is -1.47. The lowest BCUT2D eigenvalue weighted by Crippen LogP contribution is -2.43. The minimum absolute atomic E-state index is 0.00560. The highest BCUT2D eigenvalue weighted by Gasteiger charge is 2.37. The Balaban J connectivity index is 1.92. The van der Waals surface area contributed by atoms with Crippen LogP contribution in [0.25, 0.3) is 10.9 Å². The standard InChI is InChI=1S/C23H25F3N2/c1-4-14-11-17(24)20(18(25)12-14)22-21-16(9-10-28(22)13-23(2,3)26)15-7-5-6-8-19(15)27-21/h5-8,11-12,22,27H,4,9-10,13H2,1-3H3. The van der Waals surface area contributed by atoms with Gasteiger partial charge in [0.1, 0.15) is 17.3 Å². The molecule has 0 bridgehead atoms. The number of hydrogen-bond donors (Lipinski definition) is 1. The number of para-hydroxylation sites is 1. The summed E-state index contributed by atoms with van der Waals surface area (Å²) in [6, 6.07) is 9.97. The summed E-state index contributed by atoms with van der Waals surface area (Å²) in [5.41, 5.74) is 1.89. The quantitative estimate of drug-likeness (QED) is 0.609. The molecule has 2 heterocycles. The first-order chi connectivity index (χ1) is 13.3. The number of rotatable bonds is 4. The number of aryl methyl sites for hydroxylation is 1. The monoisotopic (exact) mass is 386 g/mol. The van der Waals surface area contributed by atoms with Crippen LogP contribution in [0.15, 0.2) is 36.4 Å². The van der Waals surface area contributed by atoms with E-state index in [1.54, 1.807) is 0 Å². The first kappa shape index (κ1) is 19.1. The molecule has 0 saturated heterocycles. The fourth-order valence-corrected chi connectivity index (χ4v) is 4.37. The summed E-state index contributed by atoms with van der Waals surface area (Å²) in [6.45, 7) is 5.50. The fraction of sp³-hybridized carbons (Fsp3) is 0.391. The molecular formula is C23H25F3N2. The van der Waals surface area contributed by atoms with Gasteiger partial charge in [0.05, 0.1) is 6.04 Å². The van der Waals surface area contributed by atoms with E-state index >= 15 is 8.78 Å². The van der Waals surface area contributed by atoms with Crippen LogP contribution in [0.3, 0.4) is 0 Å². The highest BCUT2D eigenvalue weighted by molar-refractivity contribution is 5.85. The van der Waals surface area contributed by atoms with Crippen LogP contribution in [-0.4, -0.2) is 28.6 Å². The highest BCUT2D eigenvalue weighted by atomic mass is 19.1. The van der Waals surface area contributed by atoms with E-state index in [-0.39, 0.29) is 12.1 Å². The topological polar surface area (TPSA) is 19.0 Å². The molecule has 5 heteroatoms. The third-order valence-electron chi connectivity index (χ3n) is 5.53. The summed E-state index contributed by atoms with van der Waals surface area (Å²) in [5.74, 6) is -1.15. The maximum Gasteiger partial charge on any atom is 0.131 e. The molecule has 0 fully saturated rings. The number of halogens is 3. The zero-order valence-corrected chi connectivity index (χ0v) is 16.5. The van der Waals surface area contributed by atoms with Crippen molar-refractivity contribution in [3.8, 4) is 0 Å². The van der Waals surface area contributed by atoms with Gasteiger partial charge in [-0.25, -0.2) is 13.2 Å². The van der Waals surface area contributed by atoms with Gasteiger partial charge in [-0.1, -0.05) is 25.1 Å². The smallest absolute Gasteiger partial charge is 0.131 e. The van der Waals surface area contributed by atoms with Crippen LogP contribution < -0.4 is 0 Å². The van der Waals surface area contributed by atoms with Crippen molar-refractivity contribution in [3.05, 3.63) is 70.4 Å². The Morgan fingerprint density at radius 3 is 2.46 bits per heavy atom. The third kappa shape index (κ3) is 3.32. The molecule has 1 aromatic heterocycles. The normalized spacial score (nSPS) is 17.9. The van der Waals surface area contributed by atoms with Crippen molar-refractivity contribution in [1.29, 1.82) is 0 Å². The molecule has 1 N–H and O–H groups in total. The maximum absolute atomic E-state index is 15.1. The first-order valence-corrected chi connectivity index (χ1v) is 9.78. The molecule has 2 aromatic carbocycles. The zero-order chi connectivity index (χ0) is 20.1. The SMILES string of the molecule is CCc1cc(F)c(C2c3[nH]c4ccccc4c3CCN2CC(C)(C)F)c(F)c1. The molecule has 0 spiro atoms. The molecule has 28 heavy (non-hydrogen) atoms. The summed E-state index contributed by atoms with van der Waals surface area (Å²) in [5, 5.41) is 1.06. The first-order valence-electron chi connectivity index (χ1n) is 9.78. The Hall–Kier alpha value is -2.27. The van der Waals surface area contributed by atoms with Crippen molar-refractivity contribution in [2.45, 2.75) is 45.3 Å². The van der Waals surface area contributed by atoms with Crippen molar-refractivity contribution >= 4 is 10.9 Å². The average molecular weight is 386 g/mol.